The first-order valence-corrected chi connectivity index (χ1v) is 7.43. The van der Waals surface area contributed by atoms with Gasteiger partial charge >= 0.3 is 0 Å². The molecule has 0 radical (unpaired) electrons. The lowest BCUT2D eigenvalue weighted by atomic mass is 9.82. The molecule has 0 fully saturated rings. The molecule has 0 saturated carbocycles. The number of fused-ring (bicyclic) bond motifs is 1. The summed E-state index contributed by atoms with van der Waals surface area (Å²) in [4.78, 5) is 0. The maximum absolute atomic E-state index is 5.81. The molecule has 0 aliphatic heterocycles. The Bertz CT molecular complexity index is 584. The Labute approximate surface area is 127 Å². The van der Waals surface area contributed by atoms with Crippen molar-refractivity contribution in [1.29, 1.82) is 0 Å². The molecule has 2 atom stereocenters. The lowest BCUT2D eigenvalue weighted by Gasteiger charge is -2.35. The van der Waals surface area contributed by atoms with E-state index < -0.39 is 0 Å². The summed E-state index contributed by atoms with van der Waals surface area (Å²) in [7, 11) is 1.75. The number of rotatable bonds is 5. The lowest BCUT2D eigenvalue weighted by molar-refractivity contribution is -0.0109. The molecule has 0 aliphatic rings. The van der Waals surface area contributed by atoms with Gasteiger partial charge in [0.15, 0.2) is 0 Å². The van der Waals surface area contributed by atoms with E-state index in [1.807, 2.05) is 0 Å². The first-order valence-electron chi connectivity index (χ1n) is 7.43. The molecule has 3 nitrogen and oxygen atoms in total. The molecule has 2 aromatic carbocycles. The van der Waals surface area contributed by atoms with E-state index in [0.717, 1.165) is 6.42 Å². The molecule has 0 amide bonds. The molecule has 0 heterocycles. The summed E-state index contributed by atoms with van der Waals surface area (Å²) in [5, 5.41) is 2.54. The molecular formula is C18H26N2O. The smallest absolute Gasteiger partial charge is 0.0789 e. The summed E-state index contributed by atoms with van der Waals surface area (Å²) in [5.74, 6) is 5.81. The molecule has 21 heavy (non-hydrogen) atoms. The van der Waals surface area contributed by atoms with Gasteiger partial charge in [-0.2, -0.15) is 0 Å². The van der Waals surface area contributed by atoms with Crippen LogP contribution in [0.3, 0.4) is 0 Å². The molecular weight excluding hydrogens is 260 g/mol. The summed E-state index contributed by atoms with van der Waals surface area (Å²) in [5.41, 5.74) is 4.27. The largest absolute Gasteiger partial charge is 0.379 e. The second-order valence-electron chi connectivity index (χ2n) is 6.64. The van der Waals surface area contributed by atoms with Gasteiger partial charge in [0.05, 0.1) is 12.1 Å². The van der Waals surface area contributed by atoms with Gasteiger partial charge in [-0.1, -0.05) is 63.2 Å². The third-order valence-corrected chi connectivity index (χ3v) is 4.01. The summed E-state index contributed by atoms with van der Waals surface area (Å²) in [6.07, 6.45) is 0.884. The molecule has 3 N–H and O–H groups in total. The fraction of sp³-hybridized carbons (Fsp3) is 0.444. The van der Waals surface area contributed by atoms with Crippen molar-refractivity contribution in [1.82, 2.24) is 5.43 Å². The molecule has 2 rings (SSSR count). The van der Waals surface area contributed by atoms with Crippen LogP contribution in [-0.2, 0) is 11.2 Å². The Balaban J connectivity index is 2.33. The van der Waals surface area contributed by atoms with E-state index in [1.165, 1.54) is 16.3 Å². The van der Waals surface area contributed by atoms with Crippen LogP contribution in [0.25, 0.3) is 10.8 Å². The van der Waals surface area contributed by atoms with E-state index in [4.69, 9.17) is 10.6 Å². The van der Waals surface area contributed by atoms with Crippen molar-refractivity contribution < 1.29 is 4.74 Å². The van der Waals surface area contributed by atoms with Crippen LogP contribution in [0.15, 0.2) is 42.5 Å². The summed E-state index contributed by atoms with van der Waals surface area (Å²) in [6, 6.07) is 14.9. The Hall–Kier alpha value is -1.42. The van der Waals surface area contributed by atoms with Crippen molar-refractivity contribution in [2.75, 3.05) is 7.11 Å². The Morgan fingerprint density at radius 3 is 2.38 bits per heavy atom. The molecule has 2 aromatic rings. The zero-order valence-electron chi connectivity index (χ0n) is 13.4. The van der Waals surface area contributed by atoms with E-state index >= 15 is 0 Å². The average molecular weight is 286 g/mol. The average Bonchev–Trinajstić information content (AvgIpc) is 2.45. The highest BCUT2D eigenvalue weighted by atomic mass is 16.5. The molecule has 0 aliphatic carbocycles. The Kier molecular flexibility index (Phi) is 4.99. The molecule has 0 aromatic heterocycles. The standard InChI is InChI=1S/C18H26N2O/c1-18(2,3)17(21-4)16(20-19)12-14-10-7-9-13-8-5-6-11-15(13)14/h5-11,16-17,20H,12,19H2,1-4H3. The van der Waals surface area contributed by atoms with Gasteiger partial charge in [-0.15, -0.1) is 0 Å². The van der Waals surface area contributed by atoms with Gasteiger partial charge < -0.3 is 4.74 Å². The number of methoxy groups -OCH3 is 1. The zero-order chi connectivity index (χ0) is 15.5. The number of nitrogens with one attached hydrogen (secondary N) is 1. The number of nitrogens with two attached hydrogens (primary N) is 1. The summed E-state index contributed by atoms with van der Waals surface area (Å²) in [6.45, 7) is 6.53. The van der Waals surface area contributed by atoms with Gasteiger partial charge in [0.2, 0.25) is 0 Å². The van der Waals surface area contributed by atoms with E-state index in [9.17, 15) is 0 Å². The van der Waals surface area contributed by atoms with Crippen molar-refractivity contribution in [3.8, 4) is 0 Å². The number of hydrogen-bond donors (Lipinski definition) is 2. The van der Waals surface area contributed by atoms with Crippen molar-refractivity contribution in [2.45, 2.75) is 39.3 Å². The quantitative estimate of drug-likeness (QED) is 0.655. The second-order valence-corrected chi connectivity index (χ2v) is 6.64. The van der Waals surface area contributed by atoms with Crippen molar-refractivity contribution in [3.05, 3.63) is 48.0 Å². The van der Waals surface area contributed by atoms with Gasteiger partial charge in [0.25, 0.3) is 0 Å². The molecule has 2 unspecified atom stereocenters. The Morgan fingerprint density at radius 2 is 1.76 bits per heavy atom. The van der Waals surface area contributed by atoms with Crippen LogP contribution in [0.2, 0.25) is 0 Å². The van der Waals surface area contributed by atoms with Crippen molar-refractivity contribution in [3.63, 3.8) is 0 Å². The third-order valence-electron chi connectivity index (χ3n) is 4.01. The maximum Gasteiger partial charge on any atom is 0.0789 e. The zero-order valence-corrected chi connectivity index (χ0v) is 13.4. The fourth-order valence-corrected chi connectivity index (χ4v) is 3.08. The fourth-order valence-electron chi connectivity index (χ4n) is 3.08. The van der Waals surface area contributed by atoms with Crippen LogP contribution in [0, 0.1) is 5.41 Å². The third kappa shape index (κ3) is 3.62. The Morgan fingerprint density at radius 1 is 1.10 bits per heavy atom. The first-order chi connectivity index (χ1) is 9.97. The highest BCUT2D eigenvalue weighted by Gasteiger charge is 2.32. The van der Waals surface area contributed by atoms with Crippen LogP contribution in [-0.4, -0.2) is 19.3 Å². The molecule has 0 saturated heterocycles. The summed E-state index contributed by atoms with van der Waals surface area (Å²) < 4.78 is 5.71. The highest BCUT2D eigenvalue weighted by molar-refractivity contribution is 5.85. The number of ether oxygens (including phenoxy) is 1. The normalized spacial score (nSPS) is 15.1. The topological polar surface area (TPSA) is 47.3 Å². The predicted octanol–water partition coefficient (Wildman–Crippen LogP) is 3.28. The molecule has 114 valence electrons. The van der Waals surface area contributed by atoms with Gasteiger partial charge in [-0.3, -0.25) is 11.3 Å². The van der Waals surface area contributed by atoms with Gasteiger partial charge in [0.1, 0.15) is 0 Å². The minimum atomic E-state index is 0.0242. The van der Waals surface area contributed by atoms with Gasteiger partial charge in [-0.25, -0.2) is 0 Å². The highest BCUT2D eigenvalue weighted by Crippen LogP contribution is 2.27. The lowest BCUT2D eigenvalue weighted by Crippen LogP contribution is -2.51. The van der Waals surface area contributed by atoms with Crippen LogP contribution in [0.5, 0.6) is 0 Å². The van der Waals surface area contributed by atoms with E-state index in [1.54, 1.807) is 7.11 Å². The van der Waals surface area contributed by atoms with Crippen LogP contribution in [0.1, 0.15) is 26.3 Å². The minimum Gasteiger partial charge on any atom is -0.379 e. The van der Waals surface area contributed by atoms with E-state index in [2.05, 4.69) is 68.7 Å². The van der Waals surface area contributed by atoms with Gasteiger partial charge in [-0.05, 0) is 28.2 Å². The number of benzene rings is 2. The molecule has 3 heteroatoms. The van der Waals surface area contributed by atoms with Crippen LogP contribution < -0.4 is 11.3 Å². The molecule has 0 spiro atoms. The summed E-state index contributed by atoms with van der Waals surface area (Å²) >= 11 is 0. The van der Waals surface area contributed by atoms with Gasteiger partial charge in [0, 0.05) is 7.11 Å². The molecule has 0 bridgehead atoms. The number of hydrazine groups is 1. The monoisotopic (exact) mass is 286 g/mol. The SMILES string of the molecule is COC(C(Cc1cccc2ccccc12)NN)C(C)(C)C. The first kappa shape index (κ1) is 16.0. The van der Waals surface area contributed by atoms with E-state index in [0.29, 0.717) is 0 Å². The van der Waals surface area contributed by atoms with Crippen LogP contribution in [0.4, 0.5) is 0 Å². The van der Waals surface area contributed by atoms with E-state index in [-0.39, 0.29) is 17.6 Å². The minimum absolute atomic E-state index is 0.0242. The van der Waals surface area contributed by atoms with Crippen LogP contribution >= 0.6 is 0 Å². The number of hydrogen-bond acceptors (Lipinski definition) is 3. The second kappa shape index (κ2) is 6.56. The van der Waals surface area contributed by atoms with Crippen molar-refractivity contribution >= 4 is 10.8 Å². The predicted molar refractivity (Wildman–Crippen MR) is 89.0 cm³/mol. The van der Waals surface area contributed by atoms with Crippen molar-refractivity contribution in [2.24, 2.45) is 11.3 Å². The maximum atomic E-state index is 5.81.